The van der Waals surface area contributed by atoms with Crippen LogP contribution in [0.25, 0.3) is 0 Å². The van der Waals surface area contributed by atoms with E-state index in [1.54, 1.807) is 6.26 Å². The summed E-state index contributed by atoms with van der Waals surface area (Å²) in [5.41, 5.74) is -0.148. The van der Waals surface area contributed by atoms with E-state index in [9.17, 15) is 4.79 Å². The number of hydrogen-bond acceptors (Lipinski definition) is 3. The third-order valence-electron chi connectivity index (χ3n) is 3.68. The summed E-state index contributed by atoms with van der Waals surface area (Å²) in [6.07, 6.45) is 4.44. The first kappa shape index (κ1) is 16.8. The maximum atomic E-state index is 12.1. The van der Waals surface area contributed by atoms with Crippen LogP contribution in [0.2, 0.25) is 0 Å². The quantitative estimate of drug-likeness (QED) is 0.770. The molecule has 0 bridgehead atoms. The van der Waals surface area contributed by atoms with Gasteiger partial charge in [0, 0.05) is 18.0 Å². The van der Waals surface area contributed by atoms with Gasteiger partial charge in [0.05, 0.1) is 12.3 Å². The summed E-state index contributed by atoms with van der Waals surface area (Å²) in [6.45, 7) is 10.2. The lowest BCUT2D eigenvalue weighted by atomic mass is 10.0. The van der Waals surface area contributed by atoms with E-state index in [1.807, 2.05) is 32.9 Å². The van der Waals surface area contributed by atoms with Crippen LogP contribution in [-0.2, 0) is 11.2 Å². The molecule has 1 aromatic rings. The van der Waals surface area contributed by atoms with Crippen molar-refractivity contribution in [2.45, 2.75) is 71.5 Å². The van der Waals surface area contributed by atoms with Crippen molar-refractivity contribution < 1.29 is 9.21 Å². The molecule has 0 radical (unpaired) electrons. The fourth-order valence-corrected chi connectivity index (χ4v) is 1.93. The molecule has 0 aromatic carbocycles. The Bertz CT molecular complexity index is 399. The van der Waals surface area contributed by atoms with Gasteiger partial charge in [0.15, 0.2) is 0 Å². The Kier molecular flexibility index (Phi) is 6.27. The van der Waals surface area contributed by atoms with Crippen LogP contribution in [0.4, 0.5) is 0 Å². The second kappa shape index (κ2) is 7.48. The van der Waals surface area contributed by atoms with Gasteiger partial charge in [-0.2, -0.15) is 0 Å². The zero-order chi connectivity index (χ0) is 15.2. The molecule has 0 aliphatic rings. The Hall–Kier alpha value is -1.29. The van der Waals surface area contributed by atoms with Gasteiger partial charge in [0.1, 0.15) is 5.76 Å². The van der Waals surface area contributed by atoms with Crippen molar-refractivity contribution in [3.63, 3.8) is 0 Å². The molecule has 0 aliphatic carbocycles. The molecule has 2 unspecified atom stereocenters. The summed E-state index contributed by atoms with van der Waals surface area (Å²) < 4.78 is 5.31. The van der Waals surface area contributed by atoms with Crippen LogP contribution in [-0.4, -0.2) is 23.5 Å². The molecular weight excluding hydrogens is 252 g/mol. The summed E-state index contributed by atoms with van der Waals surface area (Å²) in [6, 6.07) is 3.96. The Morgan fingerprint density at radius 1 is 1.40 bits per heavy atom. The Labute approximate surface area is 122 Å². The van der Waals surface area contributed by atoms with Gasteiger partial charge in [0.2, 0.25) is 5.91 Å². The largest absolute Gasteiger partial charge is 0.469 e. The summed E-state index contributed by atoms with van der Waals surface area (Å²) in [5.74, 6) is 1.05. The number of aryl methyl sites for hydroxylation is 1. The molecule has 1 amide bonds. The zero-order valence-electron chi connectivity index (χ0n) is 13.3. The molecule has 0 aliphatic heterocycles. The highest BCUT2D eigenvalue weighted by Crippen LogP contribution is 2.08. The summed E-state index contributed by atoms with van der Waals surface area (Å²) >= 11 is 0. The molecule has 1 rings (SSSR count). The second-order valence-electron chi connectivity index (χ2n) is 6.13. The highest BCUT2D eigenvalue weighted by molar-refractivity contribution is 5.82. The van der Waals surface area contributed by atoms with E-state index in [-0.39, 0.29) is 23.5 Å². The molecule has 0 saturated carbocycles. The zero-order valence-corrected chi connectivity index (χ0v) is 13.3. The molecular formula is C16H28N2O2. The number of hydrogen-bond donors (Lipinski definition) is 2. The van der Waals surface area contributed by atoms with Gasteiger partial charge in [-0.05, 0) is 52.7 Å². The Balaban J connectivity index is 2.33. The highest BCUT2D eigenvalue weighted by atomic mass is 16.3. The number of carbonyl (C=O) groups is 1. The molecule has 114 valence electrons. The Morgan fingerprint density at radius 3 is 2.65 bits per heavy atom. The van der Waals surface area contributed by atoms with Crippen molar-refractivity contribution in [2.24, 2.45) is 0 Å². The summed E-state index contributed by atoms with van der Waals surface area (Å²) in [5, 5.41) is 6.40. The van der Waals surface area contributed by atoms with E-state index in [1.165, 1.54) is 0 Å². The Morgan fingerprint density at radius 2 is 2.10 bits per heavy atom. The lowest BCUT2D eigenvalue weighted by Gasteiger charge is -2.28. The van der Waals surface area contributed by atoms with Crippen LogP contribution in [0.1, 0.15) is 53.2 Å². The molecule has 2 N–H and O–H groups in total. The molecule has 0 spiro atoms. The minimum atomic E-state index is -0.188. The third-order valence-corrected chi connectivity index (χ3v) is 3.68. The number of rotatable bonds is 8. The molecule has 4 nitrogen and oxygen atoms in total. The van der Waals surface area contributed by atoms with Crippen LogP contribution >= 0.6 is 0 Å². The molecule has 20 heavy (non-hydrogen) atoms. The van der Waals surface area contributed by atoms with Crippen molar-refractivity contribution in [2.75, 3.05) is 0 Å². The fraction of sp³-hybridized carbons (Fsp3) is 0.688. The maximum absolute atomic E-state index is 12.1. The van der Waals surface area contributed by atoms with Crippen molar-refractivity contribution in [1.82, 2.24) is 10.6 Å². The van der Waals surface area contributed by atoms with Crippen LogP contribution in [0.5, 0.6) is 0 Å². The number of amides is 1. The monoisotopic (exact) mass is 280 g/mol. The van der Waals surface area contributed by atoms with Gasteiger partial charge >= 0.3 is 0 Å². The van der Waals surface area contributed by atoms with E-state index < -0.39 is 0 Å². The fourth-order valence-electron chi connectivity index (χ4n) is 1.93. The van der Waals surface area contributed by atoms with E-state index in [2.05, 4.69) is 24.5 Å². The molecule has 0 fully saturated rings. The van der Waals surface area contributed by atoms with E-state index >= 15 is 0 Å². The average Bonchev–Trinajstić information content (AvgIpc) is 2.89. The third kappa shape index (κ3) is 5.78. The minimum absolute atomic E-state index is 0.0571. The van der Waals surface area contributed by atoms with Gasteiger partial charge in [-0.1, -0.05) is 6.92 Å². The van der Waals surface area contributed by atoms with Gasteiger partial charge in [0.25, 0.3) is 0 Å². The number of nitrogens with one attached hydrogen (secondary N) is 2. The normalized spacial score (nSPS) is 14.8. The predicted octanol–water partition coefficient (Wildman–Crippen LogP) is 2.88. The van der Waals surface area contributed by atoms with Crippen LogP contribution in [0.15, 0.2) is 22.8 Å². The molecule has 1 aromatic heterocycles. The second-order valence-corrected chi connectivity index (χ2v) is 6.13. The molecule has 0 saturated heterocycles. The summed E-state index contributed by atoms with van der Waals surface area (Å²) in [7, 11) is 0. The SMILES string of the molecule is CCC(C)(C)NC(=O)C(C)NC(C)CCc1ccco1. The van der Waals surface area contributed by atoms with Gasteiger partial charge in [-0.15, -0.1) is 0 Å². The number of furan rings is 1. The van der Waals surface area contributed by atoms with Crippen molar-refractivity contribution >= 4 is 5.91 Å². The maximum Gasteiger partial charge on any atom is 0.237 e. The smallest absolute Gasteiger partial charge is 0.237 e. The first-order chi connectivity index (χ1) is 9.34. The molecule has 2 atom stereocenters. The number of carbonyl (C=O) groups excluding carboxylic acids is 1. The van der Waals surface area contributed by atoms with Gasteiger partial charge < -0.3 is 15.1 Å². The van der Waals surface area contributed by atoms with Gasteiger partial charge in [-0.25, -0.2) is 0 Å². The van der Waals surface area contributed by atoms with Crippen molar-refractivity contribution in [3.05, 3.63) is 24.2 Å². The standard InChI is InChI=1S/C16H28N2O2/c1-6-16(4,5)18-15(19)13(3)17-12(2)9-10-14-8-7-11-20-14/h7-8,11-13,17H,6,9-10H2,1-5H3,(H,18,19). The first-order valence-corrected chi connectivity index (χ1v) is 7.44. The van der Waals surface area contributed by atoms with E-state index in [4.69, 9.17) is 4.42 Å². The molecule has 1 heterocycles. The van der Waals surface area contributed by atoms with Crippen LogP contribution in [0, 0.1) is 0 Å². The predicted molar refractivity (Wildman–Crippen MR) is 81.6 cm³/mol. The first-order valence-electron chi connectivity index (χ1n) is 7.44. The van der Waals surface area contributed by atoms with E-state index in [0.29, 0.717) is 0 Å². The summed E-state index contributed by atoms with van der Waals surface area (Å²) in [4.78, 5) is 12.1. The average molecular weight is 280 g/mol. The lowest BCUT2D eigenvalue weighted by Crippen LogP contribution is -2.52. The highest BCUT2D eigenvalue weighted by Gasteiger charge is 2.22. The topological polar surface area (TPSA) is 54.3 Å². The van der Waals surface area contributed by atoms with Crippen molar-refractivity contribution in [1.29, 1.82) is 0 Å². The van der Waals surface area contributed by atoms with Crippen LogP contribution in [0.3, 0.4) is 0 Å². The molecule has 4 heteroatoms. The minimum Gasteiger partial charge on any atom is -0.469 e. The van der Waals surface area contributed by atoms with Crippen LogP contribution < -0.4 is 10.6 Å². The van der Waals surface area contributed by atoms with E-state index in [0.717, 1.165) is 25.0 Å². The lowest BCUT2D eigenvalue weighted by molar-refractivity contribution is -0.124. The van der Waals surface area contributed by atoms with Crippen molar-refractivity contribution in [3.8, 4) is 0 Å². The van der Waals surface area contributed by atoms with Gasteiger partial charge in [-0.3, -0.25) is 4.79 Å².